The molecule has 0 fully saturated rings. The second-order valence-corrected chi connectivity index (χ2v) is 8.28. The van der Waals surface area contributed by atoms with Gasteiger partial charge in [-0.2, -0.15) is 0 Å². The number of rotatable bonds is 7. The fraction of sp³-hybridized carbons (Fsp3) is 0.316. The van der Waals surface area contributed by atoms with Gasteiger partial charge in [0.15, 0.2) is 0 Å². The van der Waals surface area contributed by atoms with E-state index in [0.29, 0.717) is 12.1 Å². The van der Waals surface area contributed by atoms with Crippen LogP contribution in [0.5, 0.6) is 0 Å². The first-order chi connectivity index (χ1) is 12.2. The molecule has 0 saturated carbocycles. The van der Waals surface area contributed by atoms with E-state index >= 15 is 0 Å². The standard InChI is InChI=1S/C19H25N3O3S/c1-14(2)22-26(24,25)13-17-8-6-16(7-9-17)12-20-19(23)21-18-10-4-15(3)5-11-18/h4-11,14,22H,12-13H2,1-3H3,(H2,20,21,23). The maximum absolute atomic E-state index is 11.9. The molecule has 0 saturated heterocycles. The molecule has 0 unspecified atom stereocenters. The van der Waals surface area contributed by atoms with Crippen LogP contribution in [0.3, 0.4) is 0 Å². The van der Waals surface area contributed by atoms with Crippen molar-refractivity contribution in [2.45, 2.75) is 39.1 Å². The van der Waals surface area contributed by atoms with Crippen molar-refractivity contribution in [1.82, 2.24) is 10.0 Å². The summed E-state index contributed by atoms with van der Waals surface area (Å²) in [7, 11) is -3.34. The number of carbonyl (C=O) groups is 1. The molecule has 0 aliphatic carbocycles. The van der Waals surface area contributed by atoms with Crippen LogP contribution in [0.1, 0.15) is 30.5 Å². The molecule has 0 aliphatic rings. The number of urea groups is 1. The summed E-state index contributed by atoms with van der Waals surface area (Å²) in [4.78, 5) is 11.9. The summed E-state index contributed by atoms with van der Waals surface area (Å²) in [6.07, 6.45) is 0. The first-order valence-electron chi connectivity index (χ1n) is 8.43. The fourth-order valence-electron chi connectivity index (χ4n) is 2.37. The van der Waals surface area contributed by atoms with Gasteiger partial charge in [0.05, 0.1) is 5.75 Å². The lowest BCUT2D eigenvalue weighted by atomic mass is 10.1. The third-order valence-corrected chi connectivity index (χ3v) is 5.10. The average Bonchev–Trinajstić information content (AvgIpc) is 2.55. The van der Waals surface area contributed by atoms with Gasteiger partial charge in [-0.25, -0.2) is 17.9 Å². The Kier molecular flexibility index (Phi) is 6.76. The topological polar surface area (TPSA) is 87.3 Å². The molecule has 0 heterocycles. The van der Waals surface area contributed by atoms with Crippen LogP contribution in [-0.4, -0.2) is 20.5 Å². The monoisotopic (exact) mass is 375 g/mol. The molecule has 0 bridgehead atoms. The maximum atomic E-state index is 11.9. The molecule has 3 N–H and O–H groups in total. The molecule has 26 heavy (non-hydrogen) atoms. The Morgan fingerprint density at radius 1 is 0.962 bits per heavy atom. The molecule has 6 nitrogen and oxygen atoms in total. The number of anilines is 1. The van der Waals surface area contributed by atoms with Gasteiger partial charge >= 0.3 is 6.03 Å². The molecule has 0 aliphatic heterocycles. The lowest BCUT2D eigenvalue weighted by molar-refractivity contribution is 0.251. The second-order valence-electron chi connectivity index (χ2n) is 6.52. The Morgan fingerprint density at radius 2 is 1.54 bits per heavy atom. The Hall–Kier alpha value is -2.38. The summed E-state index contributed by atoms with van der Waals surface area (Å²) in [6, 6.07) is 14.3. The quantitative estimate of drug-likeness (QED) is 0.695. The lowest BCUT2D eigenvalue weighted by Gasteiger charge is -2.10. The molecule has 0 radical (unpaired) electrons. The highest BCUT2D eigenvalue weighted by molar-refractivity contribution is 7.88. The van der Waals surface area contributed by atoms with E-state index in [2.05, 4.69) is 15.4 Å². The molecule has 2 aromatic carbocycles. The van der Waals surface area contributed by atoms with Crippen LogP contribution in [0.4, 0.5) is 10.5 Å². The average molecular weight is 375 g/mol. The minimum Gasteiger partial charge on any atom is -0.334 e. The number of benzene rings is 2. The summed E-state index contributed by atoms with van der Waals surface area (Å²) in [5.74, 6) is -0.0627. The summed E-state index contributed by atoms with van der Waals surface area (Å²) in [5, 5.41) is 5.54. The molecule has 0 spiro atoms. The van der Waals surface area contributed by atoms with Crippen molar-refractivity contribution in [3.05, 3.63) is 65.2 Å². The highest BCUT2D eigenvalue weighted by Gasteiger charge is 2.12. The van der Waals surface area contributed by atoms with Crippen molar-refractivity contribution in [3.63, 3.8) is 0 Å². The molecule has 2 amide bonds. The number of aryl methyl sites for hydroxylation is 1. The third-order valence-electron chi connectivity index (χ3n) is 3.56. The van der Waals surface area contributed by atoms with E-state index in [0.717, 1.165) is 16.8 Å². The lowest BCUT2D eigenvalue weighted by Crippen LogP contribution is -2.31. The van der Waals surface area contributed by atoms with E-state index < -0.39 is 10.0 Å². The Morgan fingerprint density at radius 3 is 2.12 bits per heavy atom. The largest absolute Gasteiger partial charge is 0.334 e. The van der Waals surface area contributed by atoms with Crippen LogP contribution in [0.2, 0.25) is 0 Å². The van der Waals surface area contributed by atoms with Crippen molar-refractivity contribution in [2.24, 2.45) is 0 Å². The van der Waals surface area contributed by atoms with Gasteiger partial charge in [0.1, 0.15) is 0 Å². The minimum atomic E-state index is -3.34. The normalized spacial score (nSPS) is 11.4. The fourth-order valence-corrected chi connectivity index (χ4v) is 3.80. The van der Waals surface area contributed by atoms with Crippen LogP contribution < -0.4 is 15.4 Å². The SMILES string of the molecule is Cc1ccc(NC(=O)NCc2ccc(CS(=O)(=O)NC(C)C)cc2)cc1. The second kappa shape index (κ2) is 8.82. The predicted octanol–water partition coefficient (Wildman–Crippen LogP) is 3.14. The first kappa shape index (κ1) is 19.9. The van der Waals surface area contributed by atoms with Gasteiger partial charge in [-0.3, -0.25) is 0 Å². The van der Waals surface area contributed by atoms with E-state index in [-0.39, 0.29) is 17.8 Å². The van der Waals surface area contributed by atoms with Crippen LogP contribution >= 0.6 is 0 Å². The zero-order valence-electron chi connectivity index (χ0n) is 15.2. The van der Waals surface area contributed by atoms with Crippen molar-refractivity contribution >= 4 is 21.7 Å². The van der Waals surface area contributed by atoms with Crippen molar-refractivity contribution < 1.29 is 13.2 Å². The van der Waals surface area contributed by atoms with E-state index in [1.54, 1.807) is 26.0 Å². The Labute approximate surface area is 155 Å². The number of amides is 2. The molecule has 2 rings (SSSR count). The molecular formula is C19H25N3O3S. The van der Waals surface area contributed by atoms with Gasteiger partial charge in [0.25, 0.3) is 0 Å². The number of hydrogen-bond acceptors (Lipinski definition) is 3. The van der Waals surface area contributed by atoms with Crippen LogP contribution in [0.15, 0.2) is 48.5 Å². The molecule has 140 valence electrons. The van der Waals surface area contributed by atoms with Gasteiger partial charge in [-0.1, -0.05) is 42.0 Å². The highest BCUT2D eigenvalue weighted by Crippen LogP contribution is 2.10. The van der Waals surface area contributed by atoms with E-state index in [1.165, 1.54) is 0 Å². The van der Waals surface area contributed by atoms with Crippen LogP contribution in [-0.2, 0) is 22.3 Å². The Bertz CT molecular complexity index is 829. The molecule has 0 aromatic heterocycles. The van der Waals surface area contributed by atoms with E-state index in [9.17, 15) is 13.2 Å². The maximum Gasteiger partial charge on any atom is 0.319 e. The van der Waals surface area contributed by atoms with Gasteiger partial charge in [0.2, 0.25) is 10.0 Å². The van der Waals surface area contributed by atoms with Crippen LogP contribution in [0.25, 0.3) is 0 Å². The number of carbonyl (C=O) groups excluding carboxylic acids is 1. The third kappa shape index (κ3) is 6.85. The summed E-state index contributed by atoms with van der Waals surface area (Å²) < 4.78 is 26.4. The molecular weight excluding hydrogens is 350 g/mol. The van der Waals surface area contributed by atoms with Gasteiger partial charge < -0.3 is 10.6 Å². The van der Waals surface area contributed by atoms with Gasteiger partial charge in [0, 0.05) is 18.3 Å². The van der Waals surface area contributed by atoms with E-state index in [4.69, 9.17) is 0 Å². The molecule has 7 heteroatoms. The summed E-state index contributed by atoms with van der Waals surface area (Å²) in [6.45, 7) is 5.91. The highest BCUT2D eigenvalue weighted by atomic mass is 32.2. The van der Waals surface area contributed by atoms with Crippen molar-refractivity contribution in [3.8, 4) is 0 Å². The van der Waals surface area contributed by atoms with E-state index in [1.807, 2.05) is 43.3 Å². The number of hydrogen-bond donors (Lipinski definition) is 3. The van der Waals surface area contributed by atoms with Crippen molar-refractivity contribution in [1.29, 1.82) is 0 Å². The zero-order valence-corrected chi connectivity index (χ0v) is 16.1. The van der Waals surface area contributed by atoms with Crippen LogP contribution in [0, 0.1) is 6.92 Å². The summed E-state index contributed by atoms with van der Waals surface area (Å²) in [5.41, 5.74) is 3.45. The Balaban J connectivity index is 1.85. The summed E-state index contributed by atoms with van der Waals surface area (Å²) >= 11 is 0. The minimum absolute atomic E-state index is 0.0627. The number of nitrogens with one attached hydrogen (secondary N) is 3. The number of sulfonamides is 1. The molecule has 2 aromatic rings. The molecule has 0 atom stereocenters. The predicted molar refractivity (Wildman–Crippen MR) is 104 cm³/mol. The smallest absolute Gasteiger partial charge is 0.319 e. The van der Waals surface area contributed by atoms with Gasteiger partial charge in [-0.15, -0.1) is 0 Å². The first-order valence-corrected chi connectivity index (χ1v) is 10.1. The zero-order chi connectivity index (χ0) is 19.2. The van der Waals surface area contributed by atoms with Crippen molar-refractivity contribution in [2.75, 3.05) is 5.32 Å². The van der Waals surface area contributed by atoms with Gasteiger partial charge in [-0.05, 0) is 44.0 Å².